The molecule has 0 spiro atoms. The Morgan fingerprint density at radius 2 is 2.15 bits per heavy atom. The van der Waals surface area contributed by atoms with Crippen LogP contribution in [0.1, 0.15) is 38.7 Å². The van der Waals surface area contributed by atoms with E-state index in [1.54, 1.807) is 30.9 Å². The third-order valence-electron chi connectivity index (χ3n) is 4.17. The van der Waals surface area contributed by atoms with E-state index in [1.807, 2.05) is 6.92 Å². The highest BCUT2D eigenvalue weighted by Crippen LogP contribution is 2.37. The van der Waals surface area contributed by atoms with Crippen LogP contribution in [0.2, 0.25) is 0 Å². The standard InChI is InChI=1S/C18H21FN4O2S2/c1-4-15(24)23(13-7-8-13)17-21-22-18(27-17)26-11(3)16(25)20-12-6-5-10(2)14(19)9-12/h5-6,9,11,13H,4,7-8H2,1-3H3,(H,20,25)/t11-/m0/s1. The van der Waals surface area contributed by atoms with E-state index < -0.39 is 5.25 Å². The predicted molar refractivity (Wildman–Crippen MR) is 106 cm³/mol. The molecule has 6 nitrogen and oxygen atoms in total. The van der Waals surface area contributed by atoms with Crippen LogP contribution in [-0.2, 0) is 9.59 Å². The quantitative estimate of drug-likeness (QED) is 0.553. The van der Waals surface area contributed by atoms with E-state index in [0.717, 1.165) is 12.8 Å². The zero-order valence-electron chi connectivity index (χ0n) is 15.4. The highest BCUT2D eigenvalue weighted by Gasteiger charge is 2.35. The molecule has 0 saturated heterocycles. The number of halogens is 1. The monoisotopic (exact) mass is 408 g/mol. The maximum absolute atomic E-state index is 13.6. The fourth-order valence-electron chi connectivity index (χ4n) is 2.44. The maximum Gasteiger partial charge on any atom is 0.237 e. The molecule has 27 heavy (non-hydrogen) atoms. The number of aryl methyl sites for hydroxylation is 1. The summed E-state index contributed by atoms with van der Waals surface area (Å²) < 4.78 is 14.2. The molecule has 1 atom stereocenters. The third-order valence-corrected chi connectivity index (χ3v) is 6.28. The van der Waals surface area contributed by atoms with Gasteiger partial charge in [-0.3, -0.25) is 14.5 Å². The van der Waals surface area contributed by atoms with Crippen molar-refractivity contribution in [2.75, 3.05) is 10.2 Å². The second-order valence-corrected chi connectivity index (χ2v) is 8.96. The highest BCUT2D eigenvalue weighted by atomic mass is 32.2. The predicted octanol–water partition coefficient (Wildman–Crippen LogP) is 4.01. The SMILES string of the molecule is CCC(=O)N(c1nnc(S[C@@H](C)C(=O)Nc2ccc(C)c(F)c2)s1)C1CC1. The van der Waals surface area contributed by atoms with Crippen molar-refractivity contribution in [3.8, 4) is 0 Å². The Kier molecular flexibility index (Phi) is 6.11. The molecule has 2 amide bonds. The summed E-state index contributed by atoms with van der Waals surface area (Å²) in [6.45, 7) is 5.25. The van der Waals surface area contributed by atoms with E-state index in [2.05, 4.69) is 15.5 Å². The van der Waals surface area contributed by atoms with Gasteiger partial charge in [0.05, 0.1) is 5.25 Å². The Labute approximate surface area is 165 Å². The number of aromatic nitrogens is 2. The Morgan fingerprint density at radius 1 is 1.41 bits per heavy atom. The van der Waals surface area contributed by atoms with Gasteiger partial charge in [0.1, 0.15) is 5.82 Å². The molecule has 0 radical (unpaired) electrons. The average Bonchev–Trinajstić information content (AvgIpc) is 3.37. The minimum Gasteiger partial charge on any atom is -0.325 e. The first-order chi connectivity index (χ1) is 12.9. The molecule has 0 aliphatic heterocycles. The van der Waals surface area contributed by atoms with Gasteiger partial charge in [-0.1, -0.05) is 36.1 Å². The minimum atomic E-state index is -0.439. The smallest absolute Gasteiger partial charge is 0.237 e. The molecule has 0 bridgehead atoms. The van der Waals surface area contributed by atoms with Crippen LogP contribution >= 0.6 is 23.1 Å². The van der Waals surface area contributed by atoms with E-state index in [-0.39, 0.29) is 23.7 Å². The van der Waals surface area contributed by atoms with Crippen molar-refractivity contribution in [1.82, 2.24) is 10.2 Å². The molecule has 144 valence electrons. The molecule has 1 N–H and O–H groups in total. The number of rotatable bonds is 7. The van der Waals surface area contributed by atoms with Crippen molar-refractivity contribution in [2.24, 2.45) is 0 Å². The number of nitrogens with one attached hydrogen (secondary N) is 1. The summed E-state index contributed by atoms with van der Waals surface area (Å²) in [5.74, 6) is -0.566. The maximum atomic E-state index is 13.6. The van der Waals surface area contributed by atoms with E-state index >= 15 is 0 Å². The van der Waals surface area contributed by atoms with E-state index in [0.29, 0.717) is 27.1 Å². The van der Waals surface area contributed by atoms with Crippen molar-refractivity contribution in [3.63, 3.8) is 0 Å². The molecule has 0 unspecified atom stereocenters. The summed E-state index contributed by atoms with van der Waals surface area (Å²) in [5, 5.41) is 11.1. The van der Waals surface area contributed by atoms with Gasteiger partial charge in [-0.25, -0.2) is 4.39 Å². The van der Waals surface area contributed by atoms with Gasteiger partial charge in [-0.2, -0.15) is 0 Å². The minimum absolute atomic E-state index is 0.0392. The largest absolute Gasteiger partial charge is 0.325 e. The fourth-order valence-corrected chi connectivity index (χ4v) is 4.51. The van der Waals surface area contributed by atoms with Crippen LogP contribution in [0, 0.1) is 12.7 Å². The van der Waals surface area contributed by atoms with Gasteiger partial charge in [0.15, 0.2) is 4.34 Å². The molecular formula is C18H21FN4O2S2. The number of thioether (sulfide) groups is 1. The summed E-state index contributed by atoms with van der Waals surface area (Å²) in [4.78, 5) is 26.2. The van der Waals surface area contributed by atoms with Gasteiger partial charge in [-0.05, 0) is 44.4 Å². The van der Waals surface area contributed by atoms with Gasteiger partial charge in [-0.15, -0.1) is 10.2 Å². The first kappa shape index (κ1) is 19.8. The van der Waals surface area contributed by atoms with Crippen LogP contribution in [0.4, 0.5) is 15.2 Å². The number of hydrogen-bond donors (Lipinski definition) is 1. The van der Waals surface area contributed by atoms with Crippen molar-refractivity contribution in [1.29, 1.82) is 0 Å². The molecule has 1 fully saturated rings. The summed E-state index contributed by atoms with van der Waals surface area (Å²) in [6.07, 6.45) is 2.39. The molecule has 9 heteroatoms. The number of benzene rings is 1. The lowest BCUT2D eigenvalue weighted by molar-refractivity contribution is -0.118. The number of hydrogen-bond acceptors (Lipinski definition) is 6. The van der Waals surface area contributed by atoms with Crippen LogP contribution in [-0.4, -0.2) is 33.3 Å². The van der Waals surface area contributed by atoms with Crippen LogP contribution in [0.3, 0.4) is 0 Å². The molecule has 1 aliphatic rings. The van der Waals surface area contributed by atoms with E-state index in [4.69, 9.17) is 0 Å². The average molecular weight is 409 g/mol. The third kappa shape index (κ3) is 4.84. The second-order valence-electron chi connectivity index (χ2n) is 6.41. The highest BCUT2D eigenvalue weighted by molar-refractivity contribution is 8.02. The normalized spacial score (nSPS) is 14.7. The number of amides is 2. The first-order valence-corrected chi connectivity index (χ1v) is 10.5. The fraction of sp³-hybridized carbons (Fsp3) is 0.444. The lowest BCUT2D eigenvalue weighted by atomic mass is 10.2. The number of carbonyl (C=O) groups is 2. The lowest BCUT2D eigenvalue weighted by Crippen LogP contribution is -2.32. The van der Waals surface area contributed by atoms with Gasteiger partial charge < -0.3 is 5.32 Å². The van der Waals surface area contributed by atoms with Gasteiger partial charge in [0.25, 0.3) is 0 Å². The number of nitrogens with zero attached hydrogens (tertiary/aromatic N) is 3. The summed E-state index contributed by atoms with van der Waals surface area (Å²) >= 11 is 2.58. The second kappa shape index (κ2) is 8.35. The Balaban J connectivity index is 1.62. The Hall–Kier alpha value is -2.00. The molecule has 1 aromatic heterocycles. The molecule has 2 aromatic rings. The molecule has 3 rings (SSSR count). The van der Waals surface area contributed by atoms with Crippen molar-refractivity contribution in [3.05, 3.63) is 29.6 Å². The molecule has 1 saturated carbocycles. The van der Waals surface area contributed by atoms with E-state index in [1.165, 1.54) is 29.2 Å². The summed E-state index contributed by atoms with van der Waals surface area (Å²) in [7, 11) is 0. The zero-order valence-corrected chi connectivity index (χ0v) is 17.0. The number of anilines is 2. The lowest BCUT2D eigenvalue weighted by Gasteiger charge is -2.17. The van der Waals surface area contributed by atoms with Crippen LogP contribution in [0.5, 0.6) is 0 Å². The van der Waals surface area contributed by atoms with Crippen LogP contribution in [0.25, 0.3) is 0 Å². The summed E-state index contributed by atoms with van der Waals surface area (Å²) in [6, 6.07) is 4.82. The molecule has 1 aromatic carbocycles. The Morgan fingerprint density at radius 3 is 2.78 bits per heavy atom. The van der Waals surface area contributed by atoms with Crippen molar-refractivity contribution in [2.45, 2.75) is 55.7 Å². The van der Waals surface area contributed by atoms with Gasteiger partial charge in [0, 0.05) is 18.2 Å². The van der Waals surface area contributed by atoms with Crippen LogP contribution < -0.4 is 10.2 Å². The zero-order chi connectivity index (χ0) is 19.6. The van der Waals surface area contributed by atoms with Gasteiger partial charge >= 0.3 is 0 Å². The van der Waals surface area contributed by atoms with Gasteiger partial charge in [0.2, 0.25) is 16.9 Å². The van der Waals surface area contributed by atoms with E-state index in [9.17, 15) is 14.0 Å². The van der Waals surface area contributed by atoms with Crippen molar-refractivity contribution < 1.29 is 14.0 Å². The Bertz CT molecular complexity index is 854. The molecule has 1 heterocycles. The molecular weight excluding hydrogens is 387 g/mol. The topological polar surface area (TPSA) is 75.2 Å². The summed E-state index contributed by atoms with van der Waals surface area (Å²) in [5.41, 5.74) is 0.945. The van der Waals surface area contributed by atoms with Crippen LogP contribution in [0.15, 0.2) is 22.5 Å². The molecule has 1 aliphatic carbocycles. The number of carbonyl (C=O) groups excluding carboxylic acids is 2. The van der Waals surface area contributed by atoms with Crippen molar-refractivity contribution >= 4 is 45.7 Å². The first-order valence-electron chi connectivity index (χ1n) is 8.78.